The van der Waals surface area contributed by atoms with E-state index in [0.717, 1.165) is 30.6 Å². The van der Waals surface area contributed by atoms with Gasteiger partial charge in [0.15, 0.2) is 0 Å². The maximum atomic E-state index is 11.9. The van der Waals surface area contributed by atoms with Crippen LogP contribution in [-0.2, 0) is 7.05 Å². The third-order valence-corrected chi connectivity index (χ3v) is 5.85. The molecule has 0 aliphatic heterocycles. The molecule has 1 aromatic heterocycles. The minimum atomic E-state index is -0.115. The van der Waals surface area contributed by atoms with E-state index >= 15 is 0 Å². The molecule has 0 amide bonds. The molecule has 7 heteroatoms. The van der Waals surface area contributed by atoms with Crippen LogP contribution in [0.25, 0.3) is 16.8 Å². The van der Waals surface area contributed by atoms with Crippen LogP contribution >= 0.6 is 0 Å². The second kappa shape index (κ2) is 10.2. The Hall–Kier alpha value is -3.19. The number of phenolic OH excluding ortho intramolecular Hbond substituents is 1. The molecule has 2 rings (SSSR count). The highest BCUT2D eigenvalue weighted by Crippen LogP contribution is 2.29. The van der Waals surface area contributed by atoms with E-state index in [1.54, 1.807) is 37.5 Å². The molecule has 0 aliphatic rings. The molecule has 0 saturated heterocycles. The zero-order valence-electron chi connectivity index (χ0n) is 18.9. The molecule has 0 fully saturated rings. The lowest BCUT2D eigenvalue weighted by Crippen LogP contribution is -2.41. The highest BCUT2D eigenvalue weighted by molar-refractivity contribution is 5.74. The molecule has 31 heavy (non-hydrogen) atoms. The first-order chi connectivity index (χ1) is 14.6. The van der Waals surface area contributed by atoms with Crippen molar-refractivity contribution < 1.29 is 5.11 Å². The summed E-state index contributed by atoms with van der Waals surface area (Å²) in [6.45, 7) is 8.40. The Morgan fingerprint density at radius 2 is 1.84 bits per heavy atom. The van der Waals surface area contributed by atoms with Crippen molar-refractivity contribution in [1.82, 2.24) is 9.47 Å². The zero-order valence-corrected chi connectivity index (χ0v) is 18.9. The first-order valence-electron chi connectivity index (χ1n) is 10.5. The van der Waals surface area contributed by atoms with E-state index < -0.39 is 0 Å². The summed E-state index contributed by atoms with van der Waals surface area (Å²) in [5.74, 6) is 0.628. The number of benzene rings is 1. The first-order valence-corrected chi connectivity index (χ1v) is 10.5. The molecule has 1 atom stereocenters. The predicted molar refractivity (Wildman–Crippen MR) is 128 cm³/mol. The molecular formula is C24H35N5O2. The first kappa shape index (κ1) is 24.1. The zero-order chi connectivity index (χ0) is 23.2. The largest absolute Gasteiger partial charge is 0.507 e. The van der Waals surface area contributed by atoms with E-state index in [-0.39, 0.29) is 16.7 Å². The summed E-state index contributed by atoms with van der Waals surface area (Å²) >= 11 is 0. The van der Waals surface area contributed by atoms with Gasteiger partial charge in [0.2, 0.25) is 0 Å². The predicted octanol–water partition coefficient (Wildman–Crippen LogP) is 2.55. The van der Waals surface area contributed by atoms with Crippen molar-refractivity contribution in [1.29, 1.82) is 0 Å². The monoisotopic (exact) mass is 425 g/mol. The Bertz CT molecular complexity index is 1020. The fourth-order valence-corrected chi connectivity index (χ4v) is 3.22. The molecule has 0 aliphatic carbocycles. The number of nitrogens with two attached hydrogens (primary N) is 3. The van der Waals surface area contributed by atoms with Crippen molar-refractivity contribution in [2.75, 3.05) is 19.6 Å². The number of rotatable bonds is 9. The summed E-state index contributed by atoms with van der Waals surface area (Å²) in [7, 11) is 1.69. The number of aromatic hydroxyl groups is 1. The van der Waals surface area contributed by atoms with Crippen LogP contribution in [0.1, 0.15) is 32.8 Å². The molecular weight excluding hydrogens is 390 g/mol. The fourth-order valence-electron chi connectivity index (χ4n) is 3.22. The number of allylic oxidation sites excluding steroid dienone is 2. The summed E-state index contributed by atoms with van der Waals surface area (Å²) in [6.07, 6.45) is 6.09. The molecule has 0 bridgehead atoms. The van der Waals surface area contributed by atoms with E-state index in [1.807, 2.05) is 19.1 Å². The van der Waals surface area contributed by atoms with Gasteiger partial charge in [-0.15, -0.1) is 0 Å². The van der Waals surface area contributed by atoms with Crippen LogP contribution in [0.2, 0.25) is 0 Å². The van der Waals surface area contributed by atoms with Gasteiger partial charge in [0.25, 0.3) is 5.56 Å². The average molecular weight is 426 g/mol. The van der Waals surface area contributed by atoms with Crippen LogP contribution in [0.3, 0.4) is 0 Å². The summed E-state index contributed by atoms with van der Waals surface area (Å²) < 4.78 is 1.49. The van der Waals surface area contributed by atoms with Crippen molar-refractivity contribution in [3.8, 4) is 16.9 Å². The Morgan fingerprint density at radius 3 is 2.39 bits per heavy atom. The summed E-state index contributed by atoms with van der Waals surface area (Å²) in [6, 6.07) is 8.51. The van der Waals surface area contributed by atoms with E-state index in [2.05, 4.69) is 18.7 Å². The highest BCUT2D eigenvalue weighted by atomic mass is 16.3. The molecule has 1 unspecified atom stereocenters. The molecule has 7 nitrogen and oxygen atoms in total. The Labute approximate surface area is 184 Å². The number of nitrogens with zero attached hydrogens (tertiary/aromatic N) is 2. The number of hydrogen-bond acceptors (Lipinski definition) is 6. The van der Waals surface area contributed by atoms with E-state index in [4.69, 9.17) is 17.2 Å². The number of hydrogen-bond donors (Lipinski definition) is 4. The van der Waals surface area contributed by atoms with Crippen molar-refractivity contribution in [3.63, 3.8) is 0 Å². The van der Waals surface area contributed by atoms with Crippen LogP contribution in [0.15, 0.2) is 59.3 Å². The van der Waals surface area contributed by atoms with Crippen LogP contribution in [0.5, 0.6) is 5.75 Å². The van der Waals surface area contributed by atoms with Gasteiger partial charge in [-0.3, -0.25) is 4.79 Å². The quantitative estimate of drug-likeness (QED) is 0.458. The summed E-state index contributed by atoms with van der Waals surface area (Å²) in [5, 5.41) is 10.5. The molecule has 7 N–H and O–H groups in total. The van der Waals surface area contributed by atoms with Crippen molar-refractivity contribution in [2.45, 2.75) is 27.2 Å². The number of phenols is 1. The molecule has 168 valence electrons. The third-order valence-electron chi connectivity index (χ3n) is 5.85. The van der Waals surface area contributed by atoms with E-state index in [1.165, 1.54) is 10.6 Å². The van der Waals surface area contributed by atoms with Crippen LogP contribution in [0.4, 0.5) is 0 Å². The van der Waals surface area contributed by atoms with Gasteiger partial charge in [0.05, 0.1) is 5.82 Å². The number of pyridine rings is 1. The third kappa shape index (κ3) is 5.92. The van der Waals surface area contributed by atoms with Gasteiger partial charge < -0.3 is 31.8 Å². The van der Waals surface area contributed by atoms with Crippen molar-refractivity contribution in [2.24, 2.45) is 29.7 Å². The van der Waals surface area contributed by atoms with Gasteiger partial charge >= 0.3 is 0 Å². The highest BCUT2D eigenvalue weighted by Gasteiger charge is 2.23. The van der Waals surface area contributed by atoms with E-state index in [9.17, 15) is 9.90 Å². The summed E-state index contributed by atoms with van der Waals surface area (Å²) in [4.78, 5) is 13.9. The standard InChI is InChI=1S/C24H35N5O2/c1-5-24(3,15-25)16-29(6-2)22(27)10-9-20(26)19-8-7-17(13-21(19)30)18-11-12-28(4)23(31)14-18/h7-14,30H,5-6,15-16,25-27H2,1-4H3/b20-9-,22-10+. The lowest BCUT2D eigenvalue weighted by atomic mass is 9.87. The van der Waals surface area contributed by atoms with Crippen molar-refractivity contribution in [3.05, 3.63) is 70.4 Å². The molecule has 0 radical (unpaired) electrons. The Morgan fingerprint density at radius 1 is 1.16 bits per heavy atom. The number of aryl methyl sites for hydroxylation is 1. The molecule has 1 aromatic carbocycles. The minimum Gasteiger partial charge on any atom is -0.507 e. The SMILES string of the molecule is CCN(CC(C)(CC)CN)/C(N)=C/C=C(\N)c1ccc(-c2ccn(C)c(=O)c2)cc1O. The average Bonchev–Trinajstić information content (AvgIpc) is 2.77. The Kier molecular flexibility index (Phi) is 7.94. The van der Waals surface area contributed by atoms with Gasteiger partial charge in [-0.1, -0.05) is 19.9 Å². The molecule has 0 spiro atoms. The normalized spacial score (nSPS) is 14.4. The smallest absolute Gasteiger partial charge is 0.250 e. The summed E-state index contributed by atoms with van der Waals surface area (Å²) in [5.41, 5.74) is 20.7. The fraction of sp³-hybridized carbons (Fsp3) is 0.375. The molecule has 0 saturated carbocycles. The van der Waals surface area contributed by atoms with Crippen LogP contribution in [0, 0.1) is 5.41 Å². The van der Waals surface area contributed by atoms with Crippen LogP contribution in [-0.4, -0.2) is 34.2 Å². The second-order valence-electron chi connectivity index (χ2n) is 8.19. The maximum absolute atomic E-state index is 11.9. The minimum absolute atomic E-state index is 0.0176. The molecule has 1 heterocycles. The maximum Gasteiger partial charge on any atom is 0.250 e. The van der Waals surface area contributed by atoms with E-state index in [0.29, 0.717) is 23.6 Å². The van der Waals surface area contributed by atoms with Gasteiger partial charge in [0.1, 0.15) is 5.75 Å². The van der Waals surface area contributed by atoms with Gasteiger partial charge in [-0.2, -0.15) is 0 Å². The molecule has 2 aromatic rings. The lowest BCUT2D eigenvalue weighted by Gasteiger charge is -2.34. The van der Waals surface area contributed by atoms with Gasteiger partial charge in [-0.25, -0.2) is 0 Å². The topological polar surface area (TPSA) is 124 Å². The van der Waals surface area contributed by atoms with Gasteiger partial charge in [-0.05, 0) is 66.8 Å². The Balaban J connectivity index is 2.25. The van der Waals surface area contributed by atoms with Gasteiger partial charge in [0, 0.05) is 43.7 Å². The lowest BCUT2D eigenvalue weighted by molar-refractivity contribution is 0.202. The number of aromatic nitrogens is 1. The second-order valence-corrected chi connectivity index (χ2v) is 8.19. The van der Waals surface area contributed by atoms with Crippen LogP contribution < -0.4 is 22.8 Å². The van der Waals surface area contributed by atoms with Crippen molar-refractivity contribution >= 4 is 5.70 Å².